The van der Waals surface area contributed by atoms with E-state index in [1.807, 2.05) is 23.7 Å². The molecule has 0 bridgehead atoms. The van der Waals surface area contributed by atoms with Gasteiger partial charge < -0.3 is 9.72 Å². The minimum absolute atomic E-state index is 0.00593. The fraction of sp³-hybridized carbons (Fsp3) is 0.600. The number of nitrogens with zero attached hydrogens (tertiary/aromatic N) is 5. The number of rotatable bonds is 8. The number of hydrogen-bond donors (Lipinski definition) is 1. The highest BCUT2D eigenvalue weighted by atomic mass is 16.5. The van der Waals surface area contributed by atoms with Crippen molar-refractivity contribution in [3.05, 3.63) is 51.6 Å². The summed E-state index contributed by atoms with van der Waals surface area (Å²) in [6.07, 6.45) is 7.95. The molecule has 3 aromatic rings. The number of pyridine rings is 1. The first-order valence-corrected chi connectivity index (χ1v) is 12.4. The number of ether oxygens (including phenoxy) is 1. The summed E-state index contributed by atoms with van der Waals surface area (Å²) < 4.78 is 7.77. The van der Waals surface area contributed by atoms with Crippen molar-refractivity contribution in [3.63, 3.8) is 0 Å². The Bertz CT molecular complexity index is 1140. The topological polar surface area (TPSA) is 88.9 Å². The summed E-state index contributed by atoms with van der Waals surface area (Å²) in [4.78, 5) is 18.7. The molecule has 1 N–H and O–H groups in total. The molecule has 2 fully saturated rings. The van der Waals surface area contributed by atoms with Crippen LogP contribution in [0.2, 0.25) is 0 Å². The van der Waals surface area contributed by atoms with Crippen LogP contribution in [0.15, 0.2) is 29.1 Å². The highest BCUT2D eigenvalue weighted by Crippen LogP contribution is 2.34. The van der Waals surface area contributed by atoms with Gasteiger partial charge in [0.15, 0.2) is 5.82 Å². The van der Waals surface area contributed by atoms with Gasteiger partial charge in [0.2, 0.25) is 0 Å². The zero-order valence-corrected chi connectivity index (χ0v) is 19.7. The van der Waals surface area contributed by atoms with E-state index >= 15 is 0 Å². The first-order valence-electron chi connectivity index (χ1n) is 12.4. The molecule has 8 nitrogen and oxygen atoms in total. The molecule has 8 heteroatoms. The Hall–Kier alpha value is -2.58. The van der Waals surface area contributed by atoms with Gasteiger partial charge in [0.25, 0.3) is 5.56 Å². The number of fused-ring (bicyclic) bond motifs is 1. The lowest BCUT2D eigenvalue weighted by Crippen LogP contribution is -2.39. The van der Waals surface area contributed by atoms with Gasteiger partial charge >= 0.3 is 0 Å². The largest absolute Gasteiger partial charge is 0.376 e. The minimum Gasteiger partial charge on any atom is -0.376 e. The normalized spacial score (nSPS) is 20.3. The molecule has 5 rings (SSSR count). The smallest absolute Gasteiger partial charge is 0.252 e. The molecule has 2 aromatic heterocycles. The number of aromatic amines is 1. The molecule has 176 valence electrons. The van der Waals surface area contributed by atoms with Gasteiger partial charge in [-0.2, -0.15) is 0 Å². The molecule has 0 unspecified atom stereocenters. The average molecular weight is 451 g/mol. The number of H-pyrrole nitrogens is 1. The van der Waals surface area contributed by atoms with E-state index in [1.165, 1.54) is 12.8 Å². The van der Waals surface area contributed by atoms with E-state index in [0.29, 0.717) is 19.1 Å². The lowest BCUT2D eigenvalue weighted by Gasteiger charge is -2.35. The summed E-state index contributed by atoms with van der Waals surface area (Å²) in [6.45, 7) is 6.32. The predicted octanol–water partition coefficient (Wildman–Crippen LogP) is 3.90. The molecule has 1 aromatic carbocycles. The van der Waals surface area contributed by atoms with E-state index in [4.69, 9.17) is 4.74 Å². The third kappa shape index (κ3) is 4.59. The first-order chi connectivity index (χ1) is 16.1. The quantitative estimate of drug-likeness (QED) is 0.560. The number of nitrogens with one attached hydrogen (secondary N) is 1. The molecule has 1 saturated carbocycles. The number of benzene rings is 1. The van der Waals surface area contributed by atoms with Crippen LogP contribution in [0.3, 0.4) is 0 Å². The Morgan fingerprint density at radius 2 is 2.09 bits per heavy atom. The van der Waals surface area contributed by atoms with E-state index in [0.717, 1.165) is 66.6 Å². The van der Waals surface area contributed by atoms with Gasteiger partial charge in [0.1, 0.15) is 0 Å². The number of para-hydroxylation sites is 1. The fourth-order valence-corrected chi connectivity index (χ4v) is 5.60. The molecule has 3 heterocycles. The lowest BCUT2D eigenvalue weighted by molar-refractivity contribution is 0.0839. The summed E-state index contributed by atoms with van der Waals surface area (Å²) in [6, 6.07) is 8.69. The summed E-state index contributed by atoms with van der Waals surface area (Å²) in [7, 11) is 0. The Morgan fingerprint density at radius 3 is 2.85 bits per heavy atom. The average Bonchev–Trinajstić information content (AvgIpc) is 3.59. The van der Waals surface area contributed by atoms with Crippen LogP contribution in [0.1, 0.15) is 74.9 Å². The molecule has 1 aliphatic heterocycles. The van der Waals surface area contributed by atoms with Gasteiger partial charge in [-0.3, -0.25) is 9.69 Å². The van der Waals surface area contributed by atoms with Crippen molar-refractivity contribution in [1.29, 1.82) is 0 Å². The molecular weight excluding hydrogens is 416 g/mol. The van der Waals surface area contributed by atoms with Crippen LogP contribution in [-0.2, 0) is 17.8 Å². The van der Waals surface area contributed by atoms with E-state index < -0.39 is 0 Å². The number of aryl methyl sites for hydroxylation is 1. The monoisotopic (exact) mass is 450 g/mol. The van der Waals surface area contributed by atoms with Crippen LogP contribution in [-0.4, -0.2) is 48.8 Å². The Morgan fingerprint density at radius 1 is 1.24 bits per heavy atom. The molecular formula is C25H34N6O2. The second-order valence-electron chi connectivity index (χ2n) is 9.55. The standard InChI is InChI=1S/C25H34N6O2/c1-3-22(24-27-28-29-31(24)16-21-12-7-13-33-21)30(20-10-4-5-11-20)15-19-14-18-9-6-8-17(2)23(18)26-25(19)32/h6,8-9,14,20-22H,3-5,7,10-13,15-16H2,1-2H3,(H,26,32)/t21-,22-/m0/s1. The highest BCUT2D eigenvalue weighted by Gasteiger charge is 2.33. The maximum absolute atomic E-state index is 13.1. The molecule has 1 saturated heterocycles. The van der Waals surface area contributed by atoms with Gasteiger partial charge in [0.05, 0.1) is 24.2 Å². The van der Waals surface area contributed by atoms with Crippen molar-refractivity contribution in [2.24, 2.45) is 0 Å². The Kier molecular flexibility index (Phi) is 6.55. The van der Waals surface area contributed by atoms with Crippen LogP contribution in [0, 0.1) is 6.92 Å². The van der Waals surface area contributed by atoms with Crippen molar-refractivity contribution in [2.45, 2.75) is 90.1 Å². The second-order valence-corrected chi connectivity index (χ2v) is 9.55. The molecule has 2 atom stereocenters. The number of tetrazole rings is 1. The van der Waals surface area contributed by atoms with Gasteiger partial charge in [-0.1, -0.05) is 38.0 Å². The summed E-state index contributed by atoms with van der Waals surface area (Å²) in [5.41, 5.74) is 2.81. The molecule has 0 spiro atoms. The van der Waals surface area contributed by atoms with Crippen molar-refractivity contribution < 1.29 is 4.74 Å². The summed E-state index contributed by atoms with van der Waals surface area (Å²) in [5, 5.41) is 13.9. The van der Waals surface area contributed by atoms with E-state index in [2.05, 4.69) is 44.5 Å². The van der Waals surface area contributed by atoms with Crippen molar-refractivity contribution >= 4 is 10.9 Å². The maximum atomic E-state index is 13.1. The third-order valence-corrected chi connectivity index (χ3v) is 7.36. The van der Waals surface area contributed by atoms with Crippen LogP contribution < -0.4 is 5.56 Å². The molecule has 0 amide bonds. The highest BCUT2D eigenvalue weighted by molar-refractivity contribution is 5.81. The zero-order chi connectivity index (χ0) is 22.8. The number of hydrogen-bond acceptors (Lipinski definition) is 6. The van der Waals surface area contributed by atoms with Gasteiger partial charge in [-0.25, -0.2) is 4.68 Å². The molecule has 33 heavy (non-hydrogen) atoms. The van der Waals surface area contributed by atoms with Gasteiger partial charge in [-0.15, -0.1) is 5.10 Å². The van der Waals surface area contributed by atoms with Crippen LogP contribution in [0.4, 0.5) is 0 Å². The molecule has 0 radical (unpaired) electrons. The summed E-state index contributed by atoms with van der Waals surface area (Å²) in [5.74, 6) is 0.882. The Labute approximate surface area is 194 Å². The predicted molar refractivity (Wildman–Crippen MR) is 127 cm³/mol. The van der Waals surface area contributed by atoms with Crippen molar-refractivity contribution in [2.75, 3.05) is 6.61 Å². The van der Waals surface area contributed by atoms with Crippen molar-refractivity contribution in [3.8, 4) is 0 Å². The van der Waals surface area contributed by atoms with Crippen LogP contribution in [0.25, 0.3) is 10.9 Å². The SMILES string of the molecule is CC[C@@H](c1nnnn1C[C@@H]1CCCO1)N(Cc1cc2cccc(C)c2[nH]c1=O)C1CCCC1. The van der Waals surface area contributed by atoms with Gasteiger partial charge in [-0.05, 0) is 66.5 Å². The first kappa shape index (κ1) is 22.2. The zero-order valence-electron chi connectivity index (χ0n) is 19.7. The third-order valence-electron chi connectivity index (χ3n) is 7.36. The maximum Gasteiger partial charge on any atom is 0.252 e. The van der Waals surface area contributed by atoms with Crippen LogP contribution in [0.5, 0.6) is 0 Å². The lowest BCUT2D eigenvalue weighted by atomic mass is 10.0. The van der Waals surface area contributed by atoms with Crippen molar-refractivity contribution in [1.82, 2.24) is 30.1 Å². The van der Waals surface area contributed by atoms with Crippen LogP contribution >= 0.6 is 0 Å². The van der Waals surface area contributed by atoms with Gasteiger partial charge in [0, 0.05) is 24.8 Å². The molecule has 1 aliphatic carbocycles. The minimum atomic E-state index is -0.00593. The van der Waals surface area contributed by atoms with E-state index in [1.54, 1.807) is 0 Å². The van der Waals surface area contributed by atoms with E-state index in [-0.39, 0.29) is 17.7 Å². The second kappa shape index (κ2) is 9.73. The Balaban J connectivity index is 1.48. The fourth-order valence-electron chi connectivity index (χ4n) is 5.60. The summed E-state index contributed by atoms with van der Waals surface area (Å²) >= 11 is 0. The molecule has 2 aliphatic rings. The number of aromatic nitrogens is 5. The van der Waals surface area contributed by atoms with E-state index in [9.17, 15) is 4.79 Å².